The Morgan fingerprint density at radius 2 is 1.78 bits per heavy atom. The molecule has 0 fully saturated rings. The van der Waals surface area contributed by atoms with Crippen LogP contribution in [-0.4, -0.2) is 20.1 Å². The predicted octanol–water partition coefficient (Wildman–Crippen LogP) is 4.23. The highest BCUT2D eigenvalue weighted by Crippen LogP contribution is 2.27. The molecule has 0 amide bonds. The summed E-state index contributed by atoms with van der Waals surface area (Å²) in [5, 5.41) is 7.17. The number of aryl methyl sites for hydroxylation is 1. The zero-order valence-electron chi connectivity index (χ0n) is 12.3. The molecule has 0 saturated carbocycles. The molecule has 0 spiro atoms. The summed E-state index contributed by atoms with van der Waals surface area (Å²) in [5.41, 5.74) is 3.76. The summed E-state index contributed by atoms with van der Waals surface area (Å²) >= 11 is 1.64. The van der Waals surface area contributed by atoms with Crippen molar-refractivity contribution < 1.29 is 4.52 Å². The van der Waals surface area contributed by atoms with Crippen molar-refractivity contribution in [3.05, 3.63) is 59.2 Å². The highest BCUT2D eigenvalue weighted by molar-refractivity contribution is 7.09. The van der Waals surface area contributed by atoms with Gasteiger partial charge >= 0.3 is 0 Å². The quantitative estimate of drug-likeness (QED) is 0.565. The molecule has 23 heavy (non-hydrogen) atoms. The highest BCUT2D eigenvalue weighted by Gasteiger charge is 2.11. The van der Waals surface area contributed by atoms with Gasteiger partial charge in [0.05, 0.1) is 10.7 Å². The lowest BCUT2D eigenvalue weighted by molar-refractivity contribution is 0.432. The predicted molar refractivity (Wildman–Crippen MR) is 88.8 cm³/mol. The van der Waals surface area contributed by atoms with Crippen LogP contribution in [0.3, 0.4) is 0 Å². The number of nitrogens with zero attached hydrogens (tertiary/aromatic N) is 4. The van der Waals surface area contributed by atoms with Crippen LogP contribution < -0.4 is 0 Å². The zero-order chi connectivity index (χ0) is 15.6. The van der Waals surface area contributed by atoms with E-state index >= 15 is 0 Å². The molecule has 112 valence electrons. The van der Waals surface area contributed by atoms with Crippen molar-refractivity contribution in [2.75, 3.05) is 0 Å². The Morgan fingerprint density at radius 1 is 0.957 bits per heavy atom. The molecule has 1 aromatic carbocycles. The normalized spacial score (nSPS) is 10.8. The minimum atomic E-state index is 0.484. The smallest absolute Gasteiger partial charge is 0.258 e. The van der Waals surface area contributed by atoms with Crippen LogP contribution in [0, 0.1) is 6.92 Å². The summed E-state index contributed by atoms with van der Waals surface area (Å²) in [4.78, 5) is 13.0. The van der Waals surface area contributed by atoms with Crippen LogP contribution in [0.2, 0.25) is 0 Å². The van der Waals surface area contributed by atoms with Crippen molar-refractivity contribution in [1.82, 2.24) is 20.1 Å². The van der Waals surface area contributed by atoms with Crippen LogP contribution in [0.1, 0.15) is 5.01 Å². The topological polar surface area (TPSA) is 64.7 Å². The molecule has 0 aliphatic heterocycles. The maximum absolute atomic E-state index is 5.35. The molecule has 0 atom stereocenters. The van der Waals surface area contributed by atoms with E-state index < -0.39 is 0 Å². The summed E-state index contributed by atoms with van der Waals surface area (Å²) < 4.78 is 5.35. The van der Waals surface area contributed by atoms with Crippen molar-refractivity contribution in [3.8, 4) is 34.1 Å². The van der Waals surface area contributed by atoms with E-state index in [4.69, 9.17) is 4.52 Å². The number of thiazole rings is 1. The lowest BCUT2D eigenvalue weighted by atomic mass is 10.1. The third-order valence-corrected chi connectivity index (χ3v) is 4.16. The molecule has 6 heteroatoms. The fourth-order valence-corrected chi connectivity index (χ4v) is 2.89. The van der Waals surface area contributed by atoms with Gasteiger partial charge in [-0.25, -0.2) is 4.98 Å². The number of aromatic nitrogens is 4. The first kappa shape index (κ1) is 13.8. The molecule has 0 radical (unpaired) electrons. The Labute approximate surface area is 136 Å². The molecule has 0 saturated heterocycles. The Kier molecular flexibility index (Phi) is 3.44. The lowest BCUT2D eigenvalue weighted by Gasteiger charge is -1.99. The van der Waals surface area contributed by atoms with E-state index in [-0.39, 0.29) is 0 Å². The van der Waals surface area contributed by atoms with Crippen LogP contribution in [-0.2, 0) is 0 Å². The Hall–Kier alpha value is -2.86. The fraction of sp³-hybridized carbons (Fsp3) is 0.0588. The molecule has 0 unspecified atom stereocenters. The van der Waals surface area contributed by atoms with Gasteiger partial charge in [-0.05, 0) is 25.1 Å². The SMILES string of the molecule is Cc1nc(-c2cccc(-c3noc(-c4ccncc4)n3)c2)cs1. The average molecular weight is 320 g/mol. The van der Waals surface area contributed by atoms with Crippen molar-refractivity contribution in [3.63, 3.8) is 0 Å². The minimum absolute atomic E-state index is 0.484. The first-order chi connectivity index (χ1) is 11.3. The Morgan fingerprint density at radius 3 is 2.57 bits per heavy atom. The molecular formula is C17H12N4OS. The van der Waals surface area contributed by atoms with E-state index in [9.17, 15) is 0 Å². The summed E-state index contributed by atoms with van der Waals surface area (Å²) in [6, 6.07) is 11.7. The van der Waals surface area contributed by atoms with E-state index in [1.165, 1.54) is 0 Å². The summed E-state index contributed by atoms with van der Waals surface area (Å²) in [5.74, 6) is 1.04. The summed E-state index contributed by atoms with van der Waals surface area (Å²) in [6.45, 7) is 2.00. The van der Waals surface area contributed by atoms with E-state index in [0.717, 1.165) is 27.4 Å². The second kappa shape index (κ2) is 5.73. The van der Waals surface area contributed by atoms with Gasteiger partial charge in [-0.15, -0.1) is 11.3 Å². The molecule has 0 bridgehead atoms. The van der Waals surface area contributed by atoms with E-state index in [0.29, 0.717) is 11.7 Å². The van der Waals surface area contributed by atoms with Gasteiger partial charge in [-0.2, -0.15) is 4.98 Å². The van der Waals surface area contributed by atoms with Gasteiger partial charge < -0.3 is 4.52 Å². The Bertz CT molecular complexity index is 946. The Balaban J connectivity index is 1.70. The highest BCUT2D eigenvalue weighted by atomic mass is 32.1. The average Bonchev–Trinajstić information content (AvgIpc) is 3.25. The van der Waals surface area contributed by atoms with Crippen molar-refractivity contribution >= 4 is 11.3 Å². The molecule has 5 nitrogen and oxygen atoms in total. The van der Waals surface area contributed by atoms with Crippen molar-refractivity contribution in [2.24, 2.45) is 0 Å². The first-order valence-corrected chi connectivity index (χ1v) is 7.94. The first-order valence-electron chi connectivity index (χ1n) is 7.07. The molecule has 0 aliphatic rings. The van der Waals surface area contributed by atoms with Crippen LogP contribution in [0.15, 0.2) is 58.7 Å². The monoisotopic (exact) mass is 320 g/mol. The van der Waals surface area contributed by atoms with Crippen LogP contribution in [0.25, 0.3) is 34.1 Å². The maximum atomic E-state index is 5.35. The van der Waals surface area contributed by atoms with Crippen molar-refractivity contribution in [2.45, 2.75) is 6.92 Å². The molecule has 0 N–H and O–H groups in total. The summed E-state index contributed by atoms with van der Waals surface area (Å²) in [7, 11) is 0. The third kappa shape index (κ3) is 2.76. The van der Waals surface area contributed by atoms with Gasteiger partial charge in [0.25, 0.3) is 5.89 Å². The number of pyridine rings is 1. The molecule has 3 aromatic heterocycles. The van der Waals surface area contributed by atoms with Crippen LogP contribution in [0.4, 0.5) is 0 Å². The molecule has 0 aliphatic carbocycles. The van der Waals surface area contributed by atoms with Crippen LogP contribution in [0.5, 0.6) is 0 Å². The number of benzene rings is 1. The van der Waals surface area contributed by atoms with Gasteiger partial charge in [-0.1, -0.05) is 23.4 Å². The minimum Gasteiger partial charge on any atom is -0.334 e. The van der Waals surface area contributed by atoms with Gasteiger partial charge in [0.1, 0.15) is 0 Å². The zero-order valence-corrected chi connectivity index (χ0v) is 13.1. The molecular weight excluding hydrogens is 308 g/mol. The van der Waals surface area contributed by atoms with E-state index in [2.05, 4.69) is 20.1 Å². The third-order valence-electron chi connectivity index (χ3n) is 3.39. The summed E-state index contributed by atoms with van der Waals surface area (Å²) in [6.07, 6.45) is 3.40. The molecule has 4 aromatic rings. The molecule has 4 rings (SSSR count). The van der Waals surface area contributed by atoms with E-state index in [1.54, 1.807) is 23.7 Å². The maximum Gasteiger partial charge on any atom is 0.258 e. The lowest BCUT2D eigenvalue weighted by Crippen LogP contribution is -1.84. The molecule has 3 heterocycles. The van der Waals surface area contributed by atoms with Gasteiger partial charge in [-0.3, -0.25) is 4.98 Å². The standard InChI is InChI=1S/C17H12N4OS/c1-11-19-15(10-23-11)13-3-2-4-14(9-13)16-20-17(22-21-16)12-5-7-18-8-6-12/h2-10H,1H3. The van der Waals surface area contributed by atoms with Gasteiger partial charge in [0.2, 0.25) is 5.82 Å². The fourth-order valence-electron chi connectivity index (χ4n) is 2.27. The second-order valence-electron chi connectivity index (χ2n) is 4.99. The van der Waals surface area contributed by atoms with E-state index in [1.807, 2.05) is 48.7 Å². The number of hydrogen-bond donors (Lipinski definition) is 0. The van der Waals surface area contributed by atoms with Gasteiger partial charge in [0.15, 0.2) is 0 Å². The number of hydrogen-bond acceptors (Lipinski definition) is 6. The largest absolute Gasteiger partial charge is 0.334 e. The van der Waals surface area contributed by atoms with Crippen molar-refractivity contribution in [1.29, 1.82) is 0 Å². The van der Waals surface area contributed by atoms with Crippen LogP contribution >= 0.6 is 11.3 Å². The second-order valence-corrected chi connectivity index (χ2v) is 6.05. The number of rotatable bonds is 3. The van der Waals surface area contributed by atoms with Gasteiger partial charge in [0, 0.05) is 34.5 Å².